The van der Waals surface area contributed by atoms with E-state index >= 15 is 0 Å². The van der Waals surface area contributed by atoms with Gasteiger partial charge in [-0.1, -0.05) is 19.3 Å². The topological polar surface area (TPSA) is 90.7 Å². The predicted octanol–water partition coefficient (Wildman–Crippen LogP) is 1.91. The Bertz CT molecular complexity index is 669. The fraction of sp³-hybridized carbons (Fsp3) is 0.625. The summed E-state index contributed by atoms with van der Waals surface area (Å²) >= 11 is 0. The summed E-state index contributed by atoms with van der Waals surface area (Å²) in [6.07, 6.45) is 5.58. The minimum Gasteiger partial charge on any atom is -0.454 e. The molecule has 1 aliphatic carbocycles. The predicted molar refractivity (Wildman–Crippen MR) is 87.0 cm³/mol. The molecule has 1 atom stereocenters. The first-order chi connectivity index (χ1) is 11.0. The van der Waals surface area contributed by atoms with Gasteiger partial charge in [0, 0.05) is 18.7 Å². The van der Waals surface area contributed by atoms with Gasteiger partial charge >= 0.3 is 0 Å². The van der Waals surface area contributed by atoms with Crippen molar-refractivity contribution in [3.63, 3.8) is 0 Å². The van der Waals surface area contributed by atoms with Crippen molar-refractivity contribution in [3.8, 4) is 11.5 Å². The average Bonchev–Trinajstić information content (AvgIpc) is 2.99. The number of rotatable bonds is 5. The third kappa shape index (κ3) is 3.46. The fourth-order valence-corrected chi connectivity index (χ4v) is 5.01. The van der Waals surface area contributed by atoms with Crippen molar-refractivity contribution in [2.45, 2.75) is 50.0 Å². The van der Waals surface area contributed by atoms with Gasteiger partial charge in [0.05, 0.1) is 4.90 Å². The maximum atomic E-state index is 12.8. The molecular weight excluding hydrogens is 316 g/mol. The highest BCUT2D eigenvalue weighted by atomic mass is 32.2. The Hall–Kier alpha value is -1.31. The molecule has 0 saturated heterocycles. The van der Waals surface area contributed by atoms with Crippen LogP contribution in [0.2, 0.25) is 0 Å². The minimum atomic E-state index is -3.64. The summed E-state index contributed by atoms with van der Waals surface area (Å²) in [6.45, 7) is 2.20. The second kappa shape index (κ2) is 6.67. The summed E-state index contributed by atoms with van der Waals surface area (Å²) < 4.78 is 39.0. The van der Waals surface area contributed by atoms with Gasteiger partial charge in [0.15, 0.2) is 11.5 Å². The van der Waals surface area contributed by atoms with E-state index in [0.717, 1.165) is 25.7 Å². The van der Waals surface area contributed by atoms with Crippen LogP contribution in [-0.4, -0.2) is 27.8 Å². The van der Waals surface area contributed by atoms with Crippen LogP contribution in [0.3, 0.4) is 0 Å². The van der Waals surface area contributed by atoms with E-state index in [4.69, 9.17) is 15.2 Å². The van der Waals surface area contributed by atoms with Crippen molar-refractivity contribution in [1.82, 2.24) is 4.72 Å². The summed E-state index contributed by atoms with van der Waals surface area (Å²) in [5.41, 5.74) is 6.49. The molecule has 3 rings (SSSR count). The van der Waals surface area contributed by atoms with Crippen LogP contribution in [0.15, 0.2) is 17.0 Å². The van der Waals surface area contributed by atoms with Crippen molar-refractivity contribution in [2.24, 2.45) is 11.7 Å². The number of ether oxygens (including phenoxy) is 2. The maximum absolute atomic E-state index is 12.8. The first kappa shape index (κ1) is 16.5. The van der Waals surface area contributed by atoms with E-state index < -0.39 is 10.0 Å². The molecule has 6 nitrogen and oxygen atoms in total. The number of hydrogen-bond donors (Lipinski definition) is 2. The molecule has 7 heteroatoms. The Morgan fingerprint density at radius 1 is 1.22 bits per heavy atom. The molecule has 1 aliphatic heterocycles. The molecule has 2 aliphatic rings. The third-order valence-electron chi connectivity index (χ3n) is 4.74. The van der Waals surface area contributed by atoms with Crippen LogP contribution in [0.1, 0.15) is 37.7 Å². The van der Waals surface area contributed by atoms with Gasteiger partial charge in [-0.3, -0.25) is 0 Å². The van der Waals surface area contributed by atoms with Crippen molar-refractivity contribution < 1.29 is 17.9 Å². The van der Waals surface area contributed by atoms with E-state index in [1.165, 1.54) is 12.5 Å². The smallest absolute Gasteiger partial charge is 0.241 e. The highest BCUT2D eigenvalue weighted by molar-refractivity contribution is 7.89. The van der Waals surface area contributed by atoms with Crippen LogP contribution in [-0.2, 0) is 10.0 Å². The molecule has 1 heterocycles. The molecule has 0 bridgehead atoms. The number of benzene rings is 1. The van der Waals surface area contributed by atoms with E-state index in [9.17, 15) is 8.42 Å². The Kier molecular flexibility index (Phi) is 4.79. The second-order valence-corrected chi connectivity index (χ2v) is 8.01. The molecule has 128 valence electrons. The molecule has 0 spiro atoms. The van der Waals surface area contributed by atoms with E-state index in [2.05, 4.69) is 4.72 Å². The first-order valence-corrected chi connectivity index (χ1v) is 9.62. The van der Waals surface area contributed by atoms with Crippen LogP contribution in [0.4, 0.5) is 0 Å². The molecule has 1 fully saturated rings. The number of aryl methyl sites for hydroxylation is 1. The second-order valence-electron chi connectivity index (χ2n) is 6.33. The normalized spacial score (nSPS) is 19.7. The zero-order valence-corrected chi connectivity index (χ0v) is 14.2. The quantitative estimate of drug-likeness (QED) is 0.854. The number of nitrogens with two attached hydrogens (primary N) is 1. The monoisotopic (exact) mass is 340 g/mol. The number of nitrogens with one attached hydrogen (secondary N) is 1. The zero-order valence-electron chi connectivity index (χ0n) is 13.4. The van der Waals surface area contributed by atoms with Crippen LogP contribution in [0.5, 0.6) is 11.5 Å². The van der Waals surface area contributed by atoms with Gasteiger partial charge in [-0.2, -0.15) is 0 Å². The lowest BCUT2D eigenvalue weighted by Crippen LogP contribution is -2.45. The minimum absolute atomic E-state index is 0.124. The van der Waals surface area contributed by atoms with Gasteiger partial charge in [0.1, 0.15) is 0 Å². The molecule has 1 aromatic carbocycles. The van der Waals surface area contributed by atoms with Crippen LogP contribution < -0.4 is 19.9 Å². The molecule has 1 saturated carbocycles. The molecular formula is C16H24N2O4S. The van der Waals surface area contributed by atoms with Gasteiger partial charge in [-0.25, -0.2) is 13.1 Å². The van der Waals surface area contributed by atoms with E-state index in [1.807, 2.05) is 0 Å². The van der Waals surface area contributed by atoms with Gasteiger partial charge in [-0.15, -0.1) is 0 Å². The standard InChI is InChI=1S/C16H24N2O4S/c1-11-7-14-15(22-10-21-14)8-16(11)23(19,20)18-13(9-17)12-5-3-2-4-6-12/h7-8,12-13,18H,2-6,9-10,17H2,1H3. The number of sulfonamides is 1. The summed E-state index contributed by atoms with van der Waals surface area (Å²) in [5, 5.41) is 0. The largest absolute Gasteiger partial charge is 0.454 e. The van der Waals surface area contributed by atoms with Crippen LogP contribution in [0, 0.1) is 12.8 Å². The van der Waals surface area contributed by atoms with Gasteiger partial charge in [-0.05, 0) is 37.3 Å². The van der Waals surface area contributed by atoms with Crippen LogP contribution >= 0.6 is 0 Å². The Balaban J connectivity index is 1.83. The third-order valence-corrected chi connectivity index (χ3v) is 6.37. The highest BCUT2D eigenvalue weighted by Gasteiger charge is 2.29. The van der Waals surface area contributed by atoms with E-state index in [-0.39, 0.29) is 17.7 Å². The molecule has 3 N–H and O–H groups in total. The number of hydrogen-bond acceptors (Lipinski definition) is 5. The molecule has 0 aromatic heterocycles. The van der Waals surface area contributed by atoms with Crippen molar-refractivity contribution in [1.29, 1.82) is 0 Å². The summed E-state index contributed by atoms with van der Waals surface area (Å²) in [6, 6.07) is 3.02. The maximum Gasteiger partial charge on any atom is 0.241 e. The Morgan fingerprint density at radius 3 is 2.52 bits per heavy atom. The lowest BCUT2D eigenvalue weighted by atomic mass is 9.84. The SMILES string of the molecule is Cc1cc2c(cc1S(=O)(=O)NC(CN)C1CCCCC1)OCO2. The highest BCUT2D eigenvalue weighted by Crippen LogP contribution is 2.36. The zero-order chi connectivity index (χ0) is 16.4. The fourth-order valence-electron chi connectivity index (χ4n) is 3.45. The Morgan fingerprint density at radius 2 is 1.87 bits per heavy atom. The molecule has 1 unspecified atom stereocenters. The van der Waals surface area contributed by atoms with Crippen molar-refractivity contribution >= 4 is 10.0 Å². The molecule has 1 aromatic rings. The summed E-state index contributed by atoms with van der Waals surface area (Å²) in [7, 11) is -3.64. The lowest BCUT2D eigenvalue weighted by molar-refractivity contribution is 0.174. The van der Waals surface area contributed by atoms with Crippen LogP contribution in [0.25, 0.3) is 0 Å². The molecule has 0 amide bonds. The van der Waals surface area contributed by atoms with Crippen molar-refractivity contribution in [3.05, 3.63) is 17.7 Å². The molecule has 23 heavy (non-hydrogen) atoms. The van der Waals surface area contributed by atoms with Gasteiger partial charge < -0.3 is 15.2 Å². The van der Waals surface area contributed by atoms with Gasteiger partial charge in [0.2, 0.25) is 16.8 Å². The van der Waals surface area contributed by atoms with E-state index in [0.29, 0.717) is 29.5 Å². The summed E-state index contributed by atoms with van der Waals surface area (Å²) in [5.74, 6) is 1.37. The van der Waals surface area contributed by atoms with Crippen molar-refractivity contribution in [2.75, 3.05) is 13.3 Å². The first-order valence-electron chi connectivity index (χ1n) is 8.14. The average molecular weight is 340 g/mol. The Labute approximate surface area is 137 Å². The van der Waals surface area contributed by atoms with E-state index in [1.54, 1.807) is 13.0 Å². The number of fused-ring (bicyclic) bond motifs is 1. The summed E-state index contributed by atoms with van der Waals surface area (Å²) in [4.78, 5) is 0.232. The van der Waals surface area contributed by atoms with Gasteiger partial charge in [0.25, 0.3) is 0 Å². The molecule has 0 radical (unpaired) electrons. The lowest BCUT2D eigenvalue weighted by Gasteiger charge is -2.30.